The SMILES string of the molecule is CC(C)OCCNC1(C)CCOC1C. The molecule has 1 aliphatic heterocycles. The van der Waals surface area contributed by atoms with Crippen LogP contribution in [0.15, 0.2) is 0 Å². The Morgan fingerprint density at radius 2 is 2.29 bits per heavy atom. The molecule has 84 valence electrons. The van der Waals surface area contributed by atoms with Crippen molar-refractivity contribution in [2.24, 2.45) is 0 Å². The minimum atomic E-state index is 0.139. The van der Waals surface area contributed by atoms with E-state index in [4.69, 9.17) is 9.47 Å². The first-order valence-corrected chi connectivity index (χ1v) is 5.53. The van der Waals surface area contributed by atoms with Gasteiger partial charge in [0.1, 0.15) is 0 Å². The molecule has 0 aromatic carbocycles. The summed E-state index contributed by atoms with van der Waals surface area (Å²) in [6, 6.07) is 0. The van der Waals surface area contributed by atoms with Crippen molar-refractivity contribution in [2.45, 2.75) is 51.9 Å². The zero-order valence-electron chi connectivity index (χ0n) is 9.80. The molecule has 0 bridgehead atoms. The molecule has 0 radical (unpaired) electrons. The van der Waals surface area contributed by atoms with Crippen molar-refractivity contribution in [2.75, 3.05) is 19.8 Å². The van der Waals surface area contributed by atoms with Crippen molar-refractivity contribution in [3.8, 4) is 0 Å². The second-order valence-electron chi connectivity index (χ2n) is 4.53. The van der Waals surface area contributed by atoms with Crippen LogP contribution in [0, 0.1) is 0 Å². The highest BCUT2D eigenvalue weighted by Gasteiger charge is 2.36. The number of hydrogen-bond acceptors (Lipinski definition) is 3. The molecule has 1 N–H and O–H groups in total. The summed E-state index contributed by atoms with van der Waals surface area (Å²) < 4.78 is 11.0. The van der Waals surface area contributed by atoms with E-state index in [1.807, 2.05) is 0 Å². The van der Waals surface area contributed by atoms with Crippen LogP contribution < -0.4 is 5.32 Å². The molecule has 0 amide bonds. The normalized spacial score (nSPS) is 32.8. The highest BCUT2D eigenvalue weighted by atomic mass is 16.5. The van der Waals surface area contributed by atoms with Gasteiger partial charge >= 0.3 is 0 Å². The van der Waals surface area contributed by atoms with E-state index in [1.165, 1.54) is 0 Å². The molecule has 2 unspecified atom stereocenters. The van der Waals surface area contributed by atoms with Gasteiger partial charge in [-0.25, -0.2) is 0 Å². The minimum absolute atomic E-state index is 0.139. The number of rotatable bonds is 5. The van der Waals surface area contributed by atoms with Gasteiger partial charge in [-0.2, -0.15) is 0 Å². The number of nitrogens with one attached hydrogen (secondary N) is 1. The van der Waals surface area contributed by atoms with Crippen molar-refractivity contribution in [3.63, 3.8) is 0 Å². The molecule has 1 fully saturated rings. The lowest BCUT2D eigenvalue weighted by atomic mass is 9.95. The number of ether oxygens (including phenoxy) is 2. The monoisotopic (exact) mass is 201 g/mol. The van der Waals surface area contributed by atoms with Crippen LogP contribution in [0.4, 0.5) is 0 Å². The topological polar surface area (TPSA) is 30.5 Å². The van der Waals surface area contributed by atoms with Crippen LogP contribution in [-0.4, -0.2) is 37.5 Å². The van der Waals surface area contributed by atoms with Crippen LogP contribution in [-0.2, 0) is 9.47 Å². The van der Waals surface area contributed by atoms with Crippen molar-refractivity contribution < 1.29 is 9.47 Å². The standard InChI is InChI=1S/C11H23NO2/c1-9(2)13-8-6-12-11(4)5-7-14-10(11)3/h9-10,12H,5-8H2,1-4H3. The Bertz CT molecular complexity index is 173. The summed E-state index contributed by atoms with van der Waals surface area (Å²) in [5.41, 5.74) is 0.139. The molecule has 1 aliphatic rings. The van der Waals surface area contributed by atoms with E-state index >= 15 is 0 Å². The van der Waals surface area contributed by atoms with Gasteiger partial charge in [0, 0.05) is 18.7 Å². The van der Waals surface area contributed by atoms with Crippen LogP contribution in [0.5, 0.6) is 0 Å². The first kappa shape index (κ1) is 12.0. The number of hydrogen-bond donors (Lipinski definition) is 1. The summed E-state index contributed by atoms with van der Waals surface area (Å²) in [5.74, 6) is 0. The van der Waals surface area contributed by atoms with Crippen molar-refractivity contribution >= 4 is 0 Å². The molecule has 3 nitrogen and oxygen atoms in total. The molecule has 3 heteroatoms. The maximum Gasteiger partial charge on any atom is 0.0726 e. The molecular formula is C11H23NO2. The van der Waals surface area contributed by atoms with E-state index < -0.39 is 0 Å². The third-order valence-electron chi connectivity index (χ3n) is 2.97. The fraction of sp³-hybridized carbons (Fsp3) is 1.00. The first-order chi connectivity index (χ1) is 6.54. The summed E-state index contributed by atoms with van der Waals surface area (Å²) in [7, 11) is 0. The highest BCUT2D eigenvalue weighted by molar-refractivity contribution is 4.93. The molecule has 0 spiro atoms. The summed E-state index contributed by atoms with van der Waals surface area (Å²) in [5, 5.41) is 3.51. The maximum atomic E-state index is 5.54. The lowest BCUT2D eigenvalue weighted by Crippen LogP contribution is -2.49. The van der Waals surface area contributed by atoms with E-state index in [0.717, 1.165) is 26.2 Å². The summed E-state index contributed by atoms with van der Waals surface area (Å²) in [6.07, 6.45) is 1.72. The van der Waals surface area contributed by atoms with Crippen molar-refractivity contribution in [1.82, 2.24) is 5.32 Å². The second kappa shape index (κ2) is 5.10. The molecule has 1 saturated heterocycles. The third-order valence-corrected chi connectivity index (χ3v) is 2.97. The van der Waals surface area contributed by atoms with Gasteiger partial charge in [-0.15, -0.1) is 0 Å². The first-order valence-electron chi connectivity index (χ1n) is 5.53. The van der Waals surface area contributed by atoms with E-state index in [1.54, 1.807) is 0 Å². The van der Waals surface area contributed by atoms with Gasteiger partial charge in [0.25, 0.3) is 0 Å². The minimum Gasteiger partial charge on any atom is -0.377 e. The average Bonchev–Trinajstić information content (AvgIpc) is 2.42. The van der Waals surface area contributed by atoms with Crippen LogP contribution >= 0.6 is 0 Å². The third kappa shape index (κ3) is 3.23. The Morgan fingerprint density at radius 3 is 2.79 bits per heavy atom. The van der Waals surface area contributed by atoms with E-state index in [-0.39, 0.29) is 5.54 Å². The van der Waals surface area contributed by atoms with Crippen LogP contribution in [0.2, 0.25) is 0 Å². The highest BCUT2D eigenvalue weighted by Crippen LogP contribution is 2.24. The molecule has 14 heavy (non-hydrogen) atoms. The van der Waals surface area contributed by atoms with Crippen molar-refractivity contribution in [1.29, 1.82) is 0 Å². The predicted molar refractivity (Wildman–Crippen MR) is 57.5 cm³/mol. The molecule has 0 aromatic heterocycles. The Hall–Kier alpha value is -0.120. The van der Waals surface area contributed by atoms with Crippen LogP contribution in [0.3, 0.4) is 0 Å². The molecule has 0 aliphatic carbocycles. The smallest absolute Gasteiger partial charge is 0.0726 e. The average molecular weight is 201 g/mol. The fourth-order valence-electron chi connectivity index (χ4n) is 1.70. The summed E-state index contributed by atoms with van der Waals surface area (Å²) in [4.78, 5) is 0. The second-order valence-corrected chi connectivity index (χ2v) is 4.53. The molecule has 0 aromatic rings. The quantitative estimate of drug-likeness (QED) is 0.685. The molecule has 0 saturated carbocycles. The summed E-state index contributed by atoms with van der Waals surface area (Å²) in [6.45, 7) is 11.0. The Labute approximate surface area is 87.2 Å². The largest absolute Gasteiger partial charge is 0.377 e. The van der Waals surface area contributed by atoms with Crippen LogP contribution in [0.25, 0.3) is 0 Å². The zero-order valence-corrected chi connectivity index (χ0v) is 9.80. The predicted octanol–water partition coefficient (Wildman–Crippen LogP) is 1.57. The van der Waals surface area contributed by atoms with Gasteiger partial charge in [0.2, 0.25) is 0 Å². The molecular weight excluding hydrogens is 178 g/mol. The maximum absolute atomic E-state index is 5.54. The van der Waals surface area contributed by atoms with E-state index in [0.29, 0.717) is 12.2 Å². The van der Waals surface area contributed by atoms with E-state index in [2.05, 4.69) is 33.0 Å². The Morgan fingerprint density at radius 1 is 1.57 bits per heavy atom. The molecule has 1 heterocycles. The van der Waals surface area contributed by atoms with E-state index in [9.17, 15) is 0 Å². The van der Waals surface area contributed by atoms with Crippen LogP contribution in [0.1, 0.15) is 34.1 Å². The van der Waals surface area contributed by atoms with Gasteiger partial charge < -0.3 is 14.8 Å². The van der Waals surface area contributed by atoms with Gasteiger partial charge in [0.05, 0.1) is 18.8 Å². The Kier molecular flexibility index (Phi) is 4.35. The van der Waals surface area contributed by atoms with Gasteiger partial charge in [0.15, 0.2) is 0 Å². The molecule has 1 rings (SSSR count). The zero-order chi connectivity index (χ0) is 10.6. The van der Waals surface area contributed by atoms with Gasteiger partial charge in [-0.1, -0.05) is 0 Å². The Balaban J connectivity index is 2.17. The van der Waals surface area contributed by atoms with Gasteiger partial charge in [-0.05, 0) is 34.1 Å². The van der Waals surface area contributed by atoms with Crippen molar-refractivity contribution in [3.05, 3.63) is 0 Å². The van der Waals surface area contributed by atoms with Gasteiger partial charge in [-0.3, -0.25) is 0 Å². The lowest BCUT2D eigenvalue weighted by Gasteiger charge is -2.29. The summed E-state index contributed by atoms with van der Waals surface area (Å²) >= 11 is 0. The molecule has 2 atom stereocenters. The lowest BCUT2D eigenvalue weighted by molar-refractivity contribution is 0.0629. The fourth-order valence-corrected chi connectivity index (χ4v) is 1.70.